The van der Waals surface area contributed by atoms with Gasteiger partial charge in [-0.3, -0.25) is 4.90 Å². The van der Waals surface area contributed by atoms with Crippen molar-refractivity contribution in [2.45, 2.75) is 27.0 Å². The second kappa shape index (κ2) is 14.1. The molecule has 192 valence electrons. The summed E-state index contributed by atoms with van der Waals surface area (Å²) in [5.74, 6) is 0. The Kier molecular flexibility index (Phi) is 10.5. The maximum atomic E-state index is 12.0. The molecule has 0 saturated heterocycles. The van der Waals surface area contributed by atoms with Crippen molar-refractivity contribution in [2.75, 3.05) is 49.4 Å². The van der Waals surface area contributed by atoms with Gasteiger partial charge < -0.3 is 18.9 Å². The lowest BCUT2D eigenvalue weighted by molar-refractivity contribution is 0.0821. The summed E-state index contributed by atoms with van der Waals surface area (Å²) >= 11 is 0. The fraction of sp³-hybridized carbons (Fsp3) is 0.357. The molecule has 0 radical (unpaired) electrons. The van der Waals surface area contributed by atoms with Gasteiger partial charge in [0.2, 0.25) is 0 Å². The van der Waals surface area contributed by atoms with Crippen molar-refractivity contribution in [1.29, 1.82) is 0 Å². The van der Waals surface area contributed by atoms with Gasteiger partial charge >= 0.3 is 12.2 Å². The Labute approximate surface area is 212 Å². The lowest BCUT2D eigenvalue weighted by Crippen LogP contribution is -2.43. The zero-order chi connectivity index (χ0) is 25.8. The molecule has 2 aromatic rings. The van der Waals surface area contributed by atoms with Gasteiger partial charge in [-0.25, -0.2) is 14.5 Å². The van der Waals surface area contributed by atoms with Crippen LogP contribution in [-0.2, 0) is 18.9 Å². The van der Waals surface area contributed by atoms with Crippen LogP contribution in [0.2, 0.25) is 0 Å². The predicted molar refractivity (Wildman–Crippen MR) is 141 cm³/mol. The summed E-state index contributed by atoms with van der Waals surface area (Å²) in [4.78, 5) is 27.1. The molecule has 0 saturated carbocycles. The Balaban J connectivity index is 0.000000201. The number of nitrogens with zero attached hydrogens (tertiary/aromatic N) is 2. The molecule has 1 atom stereocenters. The number of ether oxygens (including phenoxy) is 4. The molecule has 2 aliphatic rings. The van der Waals surface area contributed by atoms with E-state index < -0.39 is 6.23 Å². The van der Waals surface area contributed by atoms with E-state index in [1.54, 1.807) is 16.7 Å². The first-order valence-corrected chi connectivity index (χ1v) is 12.2. The standard InChI is InChI=1S/2C14H17NO3/c1-3-17-13-10-9-11-7-5-6-8-12(11)15(13)14(16)18-4-2;1-2-17-10-11-18-14(16)15-9-5-7-12-6-3-4-8-13(12)15/h5-10,13H,3-4H2,1-2H3;3-8H,2,9-11H2,1H3. The van der Waals surface area contributed by atoms with Crippen molar-refractivity contribution in [3.05, 3.63) is 71.8 Å². The minimum absolute atomic E-state index is 0.287. The van der Waals surface area contributed by atoms with Gasteiger partial charge in [0.1, 0.15) is 6.61 Å². The summed E-state index contributed by atoms with van der Waals surface area (Å²) < 4.78 is 20.9. The number of para-hydroxylation sites is 2. The largest absolute Gasteiger partial charge is 0.449 e. The average Bonchev–Trinajstić information content (AvgIpc) is 2.91. The normalized spacial score (nSPS) is 15.4. The number of amides is 2. The van der Waals surface area contributed by atoms with Crippen molar-refractivity contribution in [3.63, 3.8) is 0 Å². The third-order valence-electron chi connectivity index (χ3n) is 5.38. The van der Waals surface area contributed by atoms with Gasteiger partial charge in [0.25, 0.3) is 0 Å². The Morgan fingerprint density at radius 1 is 0.806 bits per heavy atom. The van der Waals surface area contributed by atoms with E-state index in [0.717, 1.165) is 22.5 Å². The highest BCUT2D eigenvalue weighted by molar-refractivity contribution is 5.93. The van der Waals surface area contributed by atoms with E-state index in [1.165, 1.54) is 0 Å². The third kappa shape index (κ3) is 6.96. The molecular weight excluding hydrogens is 460 g/mol. The molecule has 0 spiro atoms. The van der Waals surface area contributed by atoms with E-state index in [1.807, 2.05) is 86.7 Å². The number of benzene rings is 2. The zero-order valence-electron chi connectivity index (χ0n) is 21.1. The Morgan fingerprint density at radius 3 is 2.19 bits per heavy atom. The summed E-state index contributed by atoms with van der Waals surface area (Å²) in [6.45, 7) is 8.39. The van der Waals surface area contributed by atoms with Crippen molar-refractivity contribution in [3.8, 4) is 0 Å². The molecule has 2 aliphatic heterocycles. The first-order chi connectivity index (χ1) is 17.6. The van der Waals surface area contributed by atoms with Gasteiger partial charge in [0.15, 0.2) is 6.23 Å². The maximum Gasteiger partial charge on any atom is 0.416 e. The number of rotatable bonds is 7. The van der Waals surface area contributed by atoms with Gasteiger partial charge in [-0.2, -0.15) is 0 Å². The number of carbonyl (C=O) groups is 2. The SMILES string of the molecule is CCOC(=O)N1c2ccccc2C=CC1OCC.CCOCCOC(=O)N1CC=Cc2ccccc21. The minimum Gasteiger partial charge on any atom is -0.449 e. The Morgan fingerprint density at radius 2 is 1.50 bits per heavy atom. The van der Waals surface area contributed by atoms with Crippen LogP contribution in [0.25, 0.3) is 12.2 Å². The smallest absolute Gasteiger partial charge is 0.416 e. The summed E-state index contributed by atoms with van der Waals surface area (Å²) in [6.07, 6.45) is 6.68. The molecule has 1 unspecified atom stereocenters. The molecule has 0 aromatic heterocycles. The molecule has 8 nitrogen and oxygen atoms in total. The van der Waals surface area contributed by atoms with E-state index in [9.17, 15) is 9.59 Å². The third-order valence-corrected chi connectivity index (χ3v) is 5.38. The first-order valence-electron chi connectivity index (χ1n) is 12.2. The molecule has 2 aromatic carbocycles. The lowest BCUT2D eigenvalue weighted by atomic mass is 10.1. The van der Waals surface area contributed by atoms with Crippen molar-refractivity contribution in [1.82, 2.24) is 0 Å². The number of hydrogen-bond acceptors (Lipinski definition) is 6. The monoisotopic (exact) mass is 494 g/mol. The number of fused-ring (bicyclic) bond motifs is 2. The number of hydrogen-bond donors (Lipinski definition) is 0. The van der Waals surface area contributed by atoms with Crippen LogP contribution < -0.4 is 9.80 Å². The van der Waals surface area contributed by atoms with Crippen LogP contribution in [0.4, 0.5) is 21.0 Å². The molecule has 8 heteroatoms. The number of anilines is 2. The molecule has 4 rings (SSSR count). The fourth-order valence-electron chi connectivity index (χ4n) is 3.79. The molecule has 0 N–H and O–H groups in total. The zero-order valence-corrected chi connectivity index (χ0v) is 21.1. The molecule has 0 bridgehead atoms. The highest BCUT2D eigenvalue weighted by Gasteiger charge is 2.29. The second-order valence-corrected chi connectivity index (χ2v) is 7.72. The molecule has 0 aliphatic carbocycles. The van der Waals surface area contributed by atoms with Crippen molar-refractivity contribution >= 4 is 35.7 Å². The van der Waals surface area contributed by atoms with Gasteiger partial charge in [0, 0.05) is 19.8 Å². The maximum absolute atomic E-state index is 12.0. The summed E-state index contributed by atoms with van der Waals surface area (Å²) in [5, 5.41) is 0. The summed E-state index contributed by atoms with van der Waals surface area (Å²) in [5.41, 5.74) is 3.73. The van der Waals surface area contributed by atoms with Gasteiger partial charge in [0.05, 0.1) is 24.6 Å². The molecule has 2 amide bonds. The van der Waals surface area contributed by atoms with Crippen molar-refractivity contribution < 1.29 is 28.5 Å². The van der Waals surface area contributed by atoms with Crippen LogP contribution in [0.1, 0.15) is 31.9 Å². The quantitative estimate of drug-likeness (QED) is 0.458. The molecule has 0 fully saturated rings. The van der Waals surface area contributed by atoms with E-state index in [-0.39, 0.29) is 18.8 Å². The minimum atomic E-state index is -0.399. The fourth-order valence-corrected chi connectivity index (χ4v) is 3.79. The van der Waals surface area contributed by atoms with Gasteiger partial charge in [-0.15, -0.1) is 0 Å². The van der Waals surface area contributed by atoms with Crippen LogP contribution in [0.3, 0.4) is 0 Å². The second-order valence-electron chi connectivity index (χ2n) is 7.72. The Bertz CT molecular complexity index is 1070. The lowest BCUT2D eigenvalue weighted by Gasteiger charge is -2.32. The summed E-state index contributed by atoms with van der Waals surface area (Å²) in [7, 11) is 0. The van der Waals surface area contributed by atoms with Crippen LogP contribution >= 0.6 is 0 Å². The van der Waals surface area contributed by atoms with Gasteiger partial charge in [-0.1, -0.05) is 54.6 Å². The molecule has 2 heterocycles. The average molecular weight is 495 g/mol. The highest BCUT2D eigenvalue weighted by Crippen LogP contribution is 2.30. The van der Waals surface area contributed by atoms with E-state index in [4.69, 9.17) is 18.9 Å². The van der Waals surface area contributed by atoms with Crippen LogP contribution in [0, 0.1) is 0 Å². The van der Waals surface area contributed by atoms with E-state index >= 15 is 0 Å². The molecule has 36 heavy (non-hydrogen) atoms. The first kappa shape index (κ1) is 27.0. The number of carbonyl (C=O) groups excluding carboxylic acids is 2. The Hall–Kier alpha value is -3.62. The predicted octanol–water partition coefficient (Wildman–Crippen LogP) is 5.73. The molecular formula is C28H34N2O6. The van der Waals surface area contributed by atoms with Crippen LogP contribution in [-0.4, -0.2) is 58.0 Å². The van der Waals surface area contributed by atoms with Gasteiger partial charge in [-0.05, 0) is 50.1 Å². The summed E-state index contributed by atoms with van der Waals surface area (Å²) in [6, 6.07) is 15.4. The van der Waals surface area contributed by atoms with Crippen LogP contribution in [0.5, 0.6) is 0 Å². The van der Waals surface area contributed by atoms with Crippen molar-refractivity contribution in [2.24, 2.45) is 0 Å². The van der Waals surface area contributed by atoms with E-state index in [2.05, 4.69) is 0 Å². The van der Waals surface area contributed by atoms with Crippen LogP contribution in [0.15, 0.2) is 60.7 Å². The van der Waals surface area contributed by atoms with E-state index in [0.29, 0.717) is 33.0 Å². The highest BCUT2D eigenvalue weighted by atomic mass is 16.6. The topological polar surface area (TPSA) is 77.5 Å².